The molecule has 0 radical (unpaired) electrons. The van der Waals surface area contributed by atoms with Gasteiger partial charge in [-0.1, -0.05) is 54.1 Å². The number of aryl methyl sites for hydroxylation is 1. The predicted molar refractivity (Wildman–Crippen MR) is 105 cm³/mol. The number of benzene rings is 2. The third kappa shape index (κ3) is 4.44. The number of aliphatic hydroxyl groups is 1. The third-order valence-corrected chi connectivity index (χ3v) is 6.01. The molecule has 0 aliphatic heterocycles. The standard InChI is InChI=1S/C22H28ClNO/c1-24(2)20-13-15-22(25,14-12-17-6-4-3-5-7-17)21(16-20)18-8-10-19(23)11-9-18/h3-11,20-21,25H,12-16H2,1-2H3. The molecular formula is C22H28ClNO. The van der Waals surface area contributed by atoms with Crippen molar-refractivity contribution in [3.05, 3.63) is 70.7 Å². The van der Waals surface area contributed by atoms with Crippen LogP contribution in [0.15, 0.2) is 54.6 Å². The van der Waals surface area contributed by atoms with Crippen LogP contribution in [0.3, 0.4) is 0 Å². The zero-order chi connectivity index (χ0) is 17.9. The zero-order valence-electron chi connectivity index (χ0n) is 15.2. The monoisotopic (exact) mass is 357 g/mol. The second-order valence-corrected chi connectivity index (χ2v) is 8.02. The lowest BCUT2D eigenvalue weighted by Gasteiger charge is -2.45. The Bertz CT molecular complexity index is 670. The zero-order valence-corrected chi connectivity index (χ0v) is 15.9. The van der Waals surface area contributed by atoms with Crippen LogP contribution in [0.5, 0.6) is 0 Å². The van der Waals surface area contributed by atoms with Crippen molar-refractivity contribution in [1.82, 2.24) is 4.90 Å². The highest BCUT2D eigenvalue weighted by Gasteiger charge is 2.42. The van der Waals surface area contributed by atoms with Crippen molar-refractivity contribution in [2.75, 3.05) is 14.1 Å². The van der Waals surface area contributed by atoms with E-state index in [2.05, 4.69) is 55.4 Å². The molecule has 2 aromatic carbocycles. The molecule has 0 aromatic heterocycles. The predicted octanol–water partition coefficient (Wildman–Crippen LogP) is 4.90. The van der Waals surface area contributed by atoms with Crippen LogP contribution >= 0.6 is 11.6 Å². The van der Waals surface area contributed by atoms with Crippen LogP contribution in [-0.2, 0) is 6.42 Å². The molecule has 3 atom stereocenters. The van der Waals surface area contributed by atoms with E-state index >= 15 is 0 Å². The lowest BCUT2D eigenvalue weighted by atomic mass is 9.68. The molecule has 0 amide bonds. The van der Waals surface area contributed by atoms with Gasteiger partial charge in [-0.05, 0) is 69.5 Å². The van der Waals surface area contributed by atoms with Crippen LogP contribution in [0.4, 0.5) is 0 Å². The molecule has 0 spiro atoms. The van der Waals surface area contributed by atoms with Gasteiger partial charge in [0.2, 0.25) is 0 Å². The first-order valence-electron chi connectivity index (χ1n) is 9.16. The Balaban J connectivity index is 1.82. The van der Waals surface area contributed by atoms with Gasteiger partial charge in [0.1, 0.15) is 0 Å². The molecule has 2 aromatic rings. The Labute approximate surface area is 156 Å². The summed E-state index contributed by atoms with van der Waals surface area (Å²) in [4.78, 5) is 2.29. The highest BCUT2D eigenvalue weighted by Crippen LogP contribution is 2.44. The van der Waals surface area contributed by atoms with Gasteiger partial charge in [-0.3, -0.25) is 0 Å². The third-order valence-electron chi connectivity index (χ3n) is 5.76. The van der Waals surface area contributed by atoms with Gasteiger partial charge < -0.3 is 10.0 Å². The number of nitrogens with zero attached hydrogens (tertiary/aromatic N) is 1. The van der Waals surface area contributed by atoms with Crippen molar-refractivity contribution in [3.63, 3.8) is 0 Å². The molecule has 1 saturated carbocycles. The number of rotatable bonds is 5. The minimum absolute atomic E-state index is 0.148. The summed E-state index contributed by atoms with van der Waals surface area (Å²) in [6.07, 6.45) is 4.58. The van der Waals surface area contributed by atoms with Gasteiger partial charge in [0.05, 0.1) is 5.60 Å². The van der Waals surface area contributed by atoms with Crippen LogP contribution in [0, 0.1) is 0 Å². The Morgan fingerprint density at radius 2 is 1.76 bits per heavy atom. The van der Waals surface area contributed by atoms with E-state index in [9.17, 15) is 5.11 Å². The van der Waals surface area contributed by atoms with Crippen molar-refractivity contribution >= 4 is 11.6 Å². The second kappa shape index (κ2) is 7.90. The number of hydrogen-bond donors (Lipinski definition) is 1. The summed E-state index contributed by atoms with van der Waals surface area (Å²) in [5.41, 5.74) is 1.84. The fraction of sp³-hybridized carbons (Fsp3) is 0.455. The van der Waals surface area contributed by atoms with Gasteiger partial charge in [-0.15, -0.1) is 0 Å². The van der Waals surface area contributed by atoms with E-state index in [1.807, 2.05) is 18.2 Å². The Morgan fingerprint density at radius 3 is 2.40 bits per heavy atom. The van der Waals surface area contributed by atoms with E-state index in [4.69, 9.17) is 11.6 Å². The molecule has 0 saturated heterocycles. The molecule has 3 unspecified atom stereocenters. The van der Waals surface area contributed by atoms with E-state index < -0.39 is 5.60 Å². The van der Waals surface area contributed by atoms with E-state index in [1.165, 1.54) is 11.1 Å². The molecule has 0 heterocycles. The normalized spacial score (nSPS) is 26.8. The molecule has 1 fully saturated rings. The molecule has 1 N–H and O–H groups in total. The Morgan fingerprint density at radius 1 is 1.08 bits per heavy atom. The lowest BCUT2D eigenvalue weighted by molar-refractivity contribution is -0.0412. The van der Waals surface area contributed by atoms with Gasteiger partial charge in [-0.25, -0.2) is 0 Å². The van der Waals surface area contributed by atoms with E-state index in [0.717, 1.165) is 37.1 Å². The first-order valence-corrected chi connectivity index (χ1v) is 9.54. The molecule has 1 aliphatic carbocycles. The fourth-order valence-corrected chi connectivity index (χ4v) is 4.24. The minimum atomic E-state index is -0.657. The topological polar surface area (TPSA) is 23.5 Å². The minimum Gasteiger partial charge on any atom is -0.389 e. The van der Waals surface area contributed by atoms with Crippen molar-refractivity contribution < 1.29 is 5.11 Å². The quantitative estimate of drug-likeness (QED) is 0.822. The largest absolute Gasteiger partial charge is 0.389 e. The van der Waals surface area contributed by atoms with Gasteiger partial charge in [0, 0.05) is 17.0 Å². The number of halogens is 1. The fourth-order valence-electron chi connectivity index (χ4n) is 4.12. The SMILES string of the molecule is CN(C)C1CCC(O)(CCc2ccccc2)C(c2ccc(Cl)cc2)C1. The molecule has 2 nitrogen and oxygen atoms in total. The van der Waals surface area contributed by atoms with Gasteiger partial charge in [0.15, 0.2) is 0 Å². The highest BCUT2D eigenvalue weighted by molar-refractivity contribution is 6.30. The maximum atomic E-state index is 11.6. The Kier molecular flexibility index (Phi) is 5.83. The summed E-state index contributed by atoms with van der Waals surface area (Å²) >= 11 is 6.07. The van der Waals surface area contributed by atoms with Crippen LogP contribution < -0.4 is 0 Å². The molecule has 1 aliphatic rings. The molecular weight excluding hydrogens is 330 g/mol. The average Bonchev–Trinajstić information content (AvgIpc) is 2.62. The van der Waals surface area contributed by atoms with Crippen molar-refractivity contribution in [2.24, 2.45) is 0 Å². The van der Waals surface area contributed by atoms with Gasteiger partial charge in [0.25, 0.3) is 0 Å². The summed E-state index contributed by atoms with van der Waals surface area (Å²) in [7, 11) is 4.27. The first-order chi connectivity index (χ1) is 12.0. The van der Waals surface area contributed by atoms with Gasteiger partial charge in [-0.2, -0.15) is 0 Å². The maximum absolute atomic E-state index is 11.6. The second-order valence-electron chi connectivity index (χ2n) is 7.59. The van der Waals surface area contributed by atoms with Crippen molar-refractivity contribution in [2.45, 2.75) is 49.7 Å². The summed E-state index contributed by atoms with van der Waals surface area (Å²) in [6.45, 7) is 0. The van der Waals surface area contributed by atoms with E-state index in [0.29, 0.717) is 6.04 Å². The lowest BCUT2D eigenvalue weighted by Crippen LogP contribution is -2.46. The highest BCUT2D eigenvalue weighted by atomic mass is 35.5. The van der Waals surface area contributed by atoms with Crippen LogP contribution in [0.25, 0.3) is 0 Å². The Hall–Kier alpha value is -1.35. The summed E-state index contributed by atoms with van der Waals surface area (Å²) in [5, 5.41) is 12.3. The molecule has 25 heavy (non-hydrogen) atoms. The van der Waals surface area contributed by atoms with Crippen LogP contribution in [-0.4, -0.2) is 35.7 Å². The molecule has 0 bridgehead atoms. The molecule has 3 rings (SSSR count). The van der Waals surface area contributed by atoms with E-state index in [-0.39, 0.29) is 5.92 Å². The first kappa shape index (κ1) is 18.4. The summed E-state index contributed by atoms with van der Waals surface area (Å²) in [6, 6.07) is 19.0. The average molecular weight is 358 g/mol. The molecule has 3 heteroatoms. The van der Waals surface area contributed by atoms with Crippen LogP contribution in [0.1, 0.15) is 42.7 Å². The summed E-state index contributed by atoms with van der Waals surface area (Å²) < 4.78 is 0. The van der Waals surface area contributed by atoms with Crippen molar-refractivity contribution in [1.29, 1.82) is 0 Å². The smallest absolute Gasteiger partial charge is 0.0720 e. The van der Waals surface area contributed by atoms with Crippen LogP contribution in [0.2, 0.25) is 5.02 Å². The molecule has 134 valence electrons. The summed E-state index contributed by atoms with van der Waals surface area (Å²) in [5.74, 6) is 0.148. The van der Waals surface area contributed by atoms with E-state index in [1.54, 1.807) is 0 Å². The van der Waals surface area contributed by atoms with Crippen molar-refractivity contribution in [3.8, 4) is 0 Å². The van der Waals surface area contributed by atoms with Gasteiger partial charge >= 0.3 is 0 Å². The maximum Gasteiger partial charge on any atom is 0.0720 e. The number of hydrogen-bond acceptors (Lipinski definition) is 2.